The minimum atomic E-state index is -3.74. The van der Waals surface area contributed by atoms with Crippen molar-refractivity contribution in [3.8, 4) is 11.5 Å². The molecule has 3 rings (SSSR count). The van der Waals surface area contributed by atoms with Gasteiger partial charge in [-0.1, -0.05) is 31.5 Å². The Balaban J connectivity index is 2.04. The van der Waals surface area contributed by atoms with Gasteiger partial charge in [0, 0.05) is 12.0 Å². The number of rotatable bonds is 5. The molecule has 1 aliphatic heterocycles. The molecule has 158 valence electrons. The van der Waals surface area contributed by atoms with Gasteiger partial charge in [0.05, 0.1) is 18.0 Å². The number of fused-ring (bicyclic) bond motifs is 1. The van der Waals surface area contributed by atoms with Gasteiger partial charge in [0.1, 0.15) is 17.1 Å². The van der Waals surface area contributed by atoms with Gasteiger partial charge in [-0.3, -0.25) is 0 Å². The average molecular weight is 418 g/mol. The van der Waals surface area contributed by atoms with E-state index in [2.05, 4.69) is 4.72 Å². The van der Waals surface area contributed by atoms with Crippen LogP contribution in [-0.2, 0) is 10.0 Å². The van der Waals surface area contributed by atoms with E-state index < -0.39 is 15.6 Å². The lowest BCUT2D eigenvalue weighted by Crippen LogP contribution is -2.41. The third kappa shape index (κ3) is 4.43. The molecule has 0 saturated heterocycles. The van der Waals surface area contributed by atoms with Crippen molar-refractivity contribution in [1.82, 2.24) is 4.72 Å². The Morgan fingerprint density at radius 2 is 1.86 bits per heavy atom. The van der Waals surface area contributed by atoms with Gasteiger partial charge in [0.2, 0.25) is 10.0 Å². The second-order valence-corrected chi connectivity index (χ2v) is 10.5. The van der Waals surface area contributed by atoms with Crippen LogP contribution in [0.3, 0.4) is 0 Å². The largest absolute Gasteiger partial charge is 0.496 e. The highest BCUT2D eigenvalue weighted by Gasteiger charge is 2.36. The van der Waals surface area contributed by atoms with Crippen molar-refractivity contribution in [2.24, 2.45) is 0 Å². The summed E-state index contributed by atoms with van der Waals surface area (Å²) in [5.41, 5.74) is 3.02. The first kappa shape index (κ1) is 21.7. The number of hydrogen-bond acceptors (Lipinski definition) is 4. The first-order chi connectivity index (χ1) is 13.4. The van der Waals surface area contributed by atoms with Crippen LogP contribution in [0, 0.1) is 13.8 Å². The van der Waals surface area contributed by atoms with Gasteiger partial charge in [0.15, 0.2) is 0 Å². The predicted molar refractivity (Wildman–Crippen MR) is 115 cm³/mol. The molecular weight excluding hydrogens is 386 g/mol. The highest BCUT2D eigenvalue weighted by atomic mass is 32.2. The molecular formula is C23H31NO4S. The monoisotopic (exact) mass is 417 g/mol. The van der Waals surface area contributed by atoms with Crippen LogP contribution in [0.1, 0.15) is 68.3 Å². The molecule has 0 aliphatic carbocycles. The van der Waals surface area contributed by atoms with Crippen molar-refractivity contribution in [2.45, 2.75) is 70.4 Å². The summed E-state index contributed by atoms with van der Waals surface area (Å²) in [5, 5.41) is 0. The number of aryl methyl sites for hydroxylation is 2. The van der Waals surface area contributed by atoms with E-state index in [1.165, 1.54) is 0 Å². The van der Waals surface area contributed by atoms with E-state index in [0.29, 0.717) is 22.6 Å². The van der Waals surface area contributed by atoms with Crippen LogP contribution in [0.5, 0.6) is 11.5 Å². The van der Waals surface area contributed by atoms with Crippen molar-refractivity contribution < 1.29 is 17.9 Å². The van der Waals surface area contributed by atoms with Gasteiger partial charge < -0.3 is 9.47 Å². The highest BCUT2D eigenvalue weighted by Crippen LogP contribution is 2.41. The van der Waals surface area contributed by atoms with E-state index in [1.807, 2.05) is 52.8 Å². The van der Waals surface area contributed by atoms with Crippen LogP contribution in [0.25, 0.3) is 0 Å². The molecule has 5 nitrogen and oxygen atoms in total. The van der Waals surface area contributed by atoms with Crippen LogP contribution < -0.4 is 14.2 Å². The minimum absolute atomic E-state index is 0.143. The van der Waals surface area contributed by atoms with Gasteiger partial charge in [0.25, 0.3) is 0 Å². The van der Waals surface area contributed by atoms with E-state index in [-0.39, 0.29) is 12.0 Å². The van der Waals surface area contributed by atoms with E-state index in [9.17, 15) is 8.42 Å². The van der Waals surface area contributed by atoms with Crippen molar-refractivity contribution in [2.75, 3.05) is 7.11 Å². The van der Waals surface area contributed by atoms with Crippen molar-refractivity contribution in [1.29, 1.82) is 0 Å². The fourth-order valence-corrected chi connectivity index (χ4v) is 5.40. The Hall–Kier alpha value is -2.05. The van der Waals surface area contributed by atoms with E-state index >= 15 is 0 Å². The van der Waals surface area contributed by atoms with E-state index in [0.717, 1.165) is 22.4 Å². The third-order valence-electron chi connectivity index (χ3n) is 5.36. The fourth-order valence-electron chi connectivity index (χ4n) is 3.92. The van der Waals surface area contributed by atoms with Crippen molar-refractivity contribution >= 4 is 10.0 Å². The number of methoxy groups -OCH3 is 1. The van der Waals surface area contributed by atoms with Crippen molar-refractivity contribution in [3.05, 3.63) is 52.6 Å². The maximum atomic E-state index is 13.4. The molecule has 2 aromatic carbocycles. The molecule has 1 N–H and O–H groups in total. The molecule has 0 unspecified atom stereocenters. The maximum absolute atomic E-state index is 13.4. The SMILES string of the molecule is COc1cc(C)c(S(=O)(=O)N[C@@H]2CC(C)(C)Oc3ccc(C)cc32)cc1C(C)C. The molecule has 0 radical (unpaired) electrons. The van der Waals surface area contributed by atoms with Crippen LogP contribution in [0.15, 0.2) is 35.2 Å². The zero-order valence-corrected chi connectivity index (χ0v) is 19.1. The maximum Gasteiger partial charge on any atom is 0.241 e. The number of nitrogens with one attached hydrogen (secondary N) is 1. The Morgan fingerprint density at radius 1 is 1.17 bits per heavy atom. The van der Waals surface area contributed by atoms with E-state index in [1.54, 1.807) is 26.2 Å². The van der Waals surface area contributed by atoms with Gasteiger partial charge in [-0.05, 0) is 62.9 Å². The molecule has 1 aliphatic rings. The molecule has 0 aromatic heterocycles. The second kappa shape index (κ2) is 7.65. The van der Waals surface area contributed by atoms with Gasteiger partial charge in [-0.2, -0.15) is 0 Å². The lowest BCUT2D eigenvalue weighted by molar-refractivity contribution is 0.0701. The summed E-state index contributed by atoms with van der Waals surface area (Å²) in [6.45, 7) is 11.8. The van der Waals surface area contributed by atoms with E-state index in [4.69, 9.17) is 9.47 Å². The summed E-state index contributed by atoms with van der Waals surface area (Å²) >= 11 is 0. The standard InChI is InChI=1S/C23H31NO4S/c1-14(2)17-12-22(16(4)11-21(17)27-7)29(25,26)24-19-13-23(5,6)28-20-9-8-15(3)10-18(19)20/h8-12,14,19,24H,13H2,1-7H3/t19-/m1/s1. The molecule has 6 heteroatoms. The number of sulfonamides is 1. The Bertz CT molecular complexity index is 1030. The molecule has 0 bridgehead atoms. The molecule has 0 spiro atoms. The predicted octanol–water partition coefficient (Wildman–Crippen LogP) is 5.02. The second-order valence-electron chi connectivity index (χ2n) is 8.80. The summed E-state index contributed by atoms with van der Waals surface area (Å²) in [6, 6.07) is 9.08. The number of ether oxygens (including phenoxy) is 2. The Kier molecular flexibility index (Phi) is 5.71. The van der Waals surface area contributed by atoms with Crippen LogP contribution in [0.2, 0.25) is 0 Å². The molecule has 0 saturated carbocycles. The molecule has 2 aromatic rings. The zero-order valence-electron chi connectivity index (χ0n) is 18.3. The topological polar surface area (TPSA) is 64.6 Å². The summed E-state index contributed by atoms with van der Waals surface area (Å²) < 4.78 is 41.3. The fraction of sp³-hybridized carbons (Fsp3) is 0.478. The lowest BCUT2D eigenvalue weighted by Gasteiger charge is -2.38. The average Bonchev–Trinajstić information content (AvgIpc) is 2.60. The zero-order chi connectivity index (χ0) is 21.6. The van der Waals surface area contributed by atoms with Crippen molar-refractivity contribution in [3.63, 3.8) is 0 Å². The summed E-state index contributed by atoms with van der Waals surface area (Å²) in [4.78, 5) is 0.292. The van der Waals surface area contributed by atoms with Gasteiger partial charge in [-0.15, -0.1) is 0 Å². The minimum Gasteiger partial charge on any atom is -0.496 e. The van der Waals surface area contributed by atoms with Gasteiger partial charge >= 0.3 is 0 Å². The molecule has 1 atom stereocenters. The molecule has 0 fully saturated rings. The summed E-state index contributed by atoms with van der Waals surface area (Å²) in [7, 11) is -2.13. The number of hydrogen-bond donors (Lipinski definition) is 1. The quantitative estimate of drug-likeness (QED) is 0.742. The molecule has 1 heterocycles. The Morgan fingerprint density at radius 3 is 2.48 bits per heavy atom. The summed E-state index contributed by atoms with van der Waals surface area (Å²) in [6.07, 6.45) is 0.551. The van der Waals surface area contributed by atoms with Crippen LogP contribution in [-0.4, -0.2) is 21.1 Å². The number of benzene rings is 2. The normalized spacial score (nSPS) is 18.3. The van der Waals surface area contributed by atoms with Gasteiger partial charge in [-0.25, -0.2) is 13.1 Å². The Labute approximate surface area is 174 Å². The first-order valence-corrected chi connectivity index (χ1v) is 11.4. The van der Waals surface area contributed by atoms with Crippen LogP contribution in [0.4, 0.5) is 0 Å². The lowest BCUT2D eigenvalue weighted by atomic mass is 9.89. The summed E-state index contributed by atoms with van der Waals surface area (Å²) in [5.74, 6) is 1.59. The first-order valence-electron chi connectivity index (χ1n) is 9.94. The van der Waals surface area contributed by atoms with Crippen LogP contribution >= 0.6 is 0 Å². The molecule has 29 heavy (non-hydrogen) atoms. The third-order valence-corrected chi connectivity index (χ3v) is 6.97. The highest BCUT2D eigenvalue weighted by molar-refractivity contribution is 7.89. The molecule has 0 amide bonds. The smallest absolute Gasteiger partial charge is 0.241 e.